The molecule has 6 nitrogen and oxygen atoms in total. The average Bonchev–Trinajstić information content (AvgIpc) is 2.75. The lowest BCUT2D eigenvalue weighted by molar-refractivity contribution is -0.150. The number of carbonyl (C=O) groups is 1. The second kappa shape index (κ2) is 11.0. The molecule has 30 heavy (non-hydrogen) atoms. The average molecular weight is 414 g/mol. The van der Waals surface area contributed by atoms with Gasteiger partial charge in [0.15, 0.2) is 11.5 Å². The Balaban J connectivity index is 1.34. The van der Waals surface area contributed by atoms with E-state index in [-0.39, 0.29) is 5.41 Å². The van der Waals surface area contributed by atoms with Crippen LogP contribution in [0.2, 0.25) is 0 Å². The van der Waals surface area contributed by atoms with Crippen molar-refractivity contribution >= 4 is 5.97 Å². The number of ether oxygens (including phenoxy) is 5. The topological polar surface area (TPSA) is 63.2 Å². The highest BCUT2D eigenvalue weighted by Gasteiger charge is 2.36. The van der Waals surface area contributed by atoms with Gasteiger partial charge >= 0.3 is 5.97 Å². The third kappa shape index (κ3) is 5.97. The number of esters is 1. The second-order valence-electron chi connectivity index (χ2n) is 7.52. The van der Waals surface area contributed by atoms with Gasteiger partial charge in [0.2, 0.25) is 0 Å². The van der Waals surface area contributed by atoms with E-state index in [1.165, 1.54) is 7.11 Å². The first-order valence-corrected chi connectivity index (χ1v) is 10.4. The van der Waals surface area contributed by atoms with E-state index in [0.29, 0.717) is 23.7 Å². The Kier molecular flexibility index (Phi) is 8.11. The van der Waals surface area contributed by atoms with Crippen molar-refractivity contribution in [2.75, 3.05) is 40.1 Å². The minimum absolute atomic E-state index is 0.241. The third-order valence-electron chi connectivity index (χ3n) is 5.29. The lowest BCUT2D eigenvalue weighted by Crippen LogP contribution is -2.45. The Morgan fingerprint density at radius 1 is 1.00 bits per heavy atom. The molecule has 1 aliphatic heterocycles. The summed E-state index contributed by atoms with van der Waals surface area (Å²) in [6, 6.07) is 14.0. The Labute approximate surface area is 178 Å². The van der Waals surface area contributed by atoms with Gasteiger partial charge in [0, 0.05) is 12.0 Å². The smallest absolute Gasteiger partial charge is 0.343 e. The van der Waals surface area contributed by atoms with Gasteiger partial charge in [0.05, 0.1) is 39.1 Å². The summed E-state index contributed by atoms with van der Waals surface area (Å²) in [5, 5.41) is 0. The summed E-state index contributed by atoms with van der Waals surface area (Å²) in [7, 11) is 1.54. The van der Waals surface area contributed by atoms with Gasteiger partial charge in [-0.15, -0.1) is 0 Å². The largest absolute Gasteiger partial charge is 0.494 e. The van der Waals surface area contributed by atoms with Crippen LogP contribution >= 0.6 is 0 Å². The van der Waals surface area contributed by atoms with E-state index in [4.69, 9.17) is 23.7 Å². The zero-order valence-corrected chi connectivity index (χ0v) is 17.7. The molecule has 0 atom stereocenters. The van der Waals surface area contributed by atoms with E-state index in [1.54, 1.807) is 42.5 Å². The minimum Gasteiger partial charge on any atom is -0.494 e. The standard InChI is InChI=1S/C24H30O6/c1-3-24(17-28-18-24)16-27-14-6-7-15-29-20-12-10-19(11-13-20)23(25)30-22-9-5-4-8-21(22)26-2/h4-5,8-13H,3,6-7,14-18H2,1-2H3. The van der Waals surface area contributed by atoms with Crippen LogP contribution in [0, 0.1) is 5.41 Å². The van der Waals surface area contributed by atoms with E-state index in [1.807, 2.05) is 6.07 Å². The van der Waals surface area contributed by atoms with Crippen molar-refractivity contribution in [1.82, 2.24) is 0 Å². The van der Waals surface area contributed by atoms with Gasteiger partial charge in [0.25, 0.3) is 0 Å². The first-order chi connectivity index (χ1) is 14.7. The molecule has 0 amide bonds. The molecule has 2 aromatic rings. The minimum atomic E-state index is -0.440. The molecule has 2 aromatic carbocycles. The van der Waals surface area contributed by atoms with Gasteiger partial charge in [-0.1, -0.05) is 19.1 Å². The van der Waals surface area contributed by atoms with E-state index in [2.05, 4.69) is 6.92 Å². The van der Waals surface area contributed by atoms with Crippen molar-refractivity contribution in [3.63, 3.8) is 0 Å². The fourth-order valence-electron chi connectivity index (χ4n) is 3.11. The molecular weight excluding hydrogens is 384 g/mol. The highest BCUT2D eigenvalue weighted by Crippen LogP contribution is 2.31. The van der Waals surface area contributed by atoms with E-state index in [0.717, 1.165) is 51.4 Å². The first kappa shape index (κ1) is 22.1. The quantitative estimate of drug-likeness (QED) is 0.289. The molecule has 0 bridgehead atoms. The van der Waals surface area contributed by atoms with Gasteiger partial charge in [-0.25, -0.2) is 4.79 Å². The van der Waals surface area contributed by atoms with E-state index >= 15 is 0 Å². The normalized spacial score (nSPS) is 14.6. The SMILES string of the molecule is CCC1(COCCCCOc2ccc(C(=O)Oc3ccccc3OC)cc2)COC1. The van der Waals surface area contributed by atoms with Crippen molar-refractivity contribution in [1.29, 1.82) is 0 Å². The molecule has 0 unspecified atom stereocenters. The molecule has 6 heteroatoms. The molecule has 0 N–H and O–H groups in total. The Morgan fingerprint density at radius 2 is 1.70 bits per heavy atom. The summed E-state index contributed by atoms with van der Waals surface area (Å²) in [6.07, 6.45) is 2.95. The van der Waals surface area contributed by atoms with Gasteiger partial charge in [-0.3, -0.25) is 0 Å². The zero-order valence-electron chi connectivity index (χ0n) is 17.7. The molecule has 1 saturated heterocycles. The summed E-state index contributed by atoms with van der Waals surface area (Å²) in [6.45, 7) is 5.93. The van der Waals surface area contributed by atoms with Gasteiger partial charge in [0.1, 0.15) is 5.75 Å². The van der Waals surface area contributed by atoms with Crippen molar-refractivity contribution < 1.29 is 28.5 Å². The molecule has 0 radical (unpaired) electrons. The summed E-state index contributed by atoms with van der Waals surface area (Å²) >= 11 is 0. The molecule has 0 spiro atoms. The summed E-state index contributed by atoms with van der Waals surface area (Å²) in [4.78, 5) is 12.3. The lowest BCUT2D eigenvalue weighted by Gasteiger charge is -2.40. The van der Waals surface area contributed by atoms with E-state index < -0.39 is 5.97 Å². The summed E-state index contributed by atoms with van der Waals surface area (Å²) in [5.41, 5.74) is 0.692. The van der Waals surface area contributed by atoms with Gasteiger partial charge in [-0.2, -0.15) is 0 Å². The maximum Gasteiger partial charge on any atom is 0.343 e. The number of benzene rings is 2. The number of carbonyl (C=O) groups excluding carboxylic acids is 1. The van der Waals surface area contributed by atoms with Crippen molar-refractivity contribution in [3.05, 3.63) is 54.1 Å². The fraction of sp³-hybridized carbons (Fsp3) is 0.458. The Morgan fingerprint density at radius 3 is 2.33 bits per heavy atom. The summed E-state index contributed by atoms with van der Waals surface area (Å²) < 4.78 is 27.5. The number of hydrogen-bond donors (Lipinski definition) is 0. The van der Waals surface area contributed by atoms with Crippen LogP contribution in [-0.4, -0.2) is 46.1 Å². The Bertz CT molecular complexity index is 792. The fourth-order valence-corrected chi connectivity index (χ4v) is 3.11. The predicted octanol–water partition coefficient (Wildman–Crippen LogP) is 4.52. The molecule has 0 saturated carbocycles. The zero-order chi connectivity index (χ0) is 21.2. The van der Waals surface area contributed by atoms with Gasteiger partial charge < -0.3 is 23.7 Å². The highest BCUT2D eigenvalue weighted by atomic mass is 16.6. The molecule has 0 aliphatic carbocycles. The van der Waals surface area contributed by atoms with Crippen molar-refractivity contribution in [3.8, 4) is 17.2 Å². The molecule has 1 aliphatic rings. The number of hydrogen-bond acceptors (Lipinski definition) is 6. The second-order valence-corrected chi connectivity index (χ2v) is 7.52. The van der Waals surface area contributed by atoms with Crippen LogP contribution in [0.4, 0.5) is 0 Å². The molecule has 0 aromatic heterocycles. The van der Waals surface area contributed by atoms with Crippen LogP contribution in [0.3, 0.4) is 0 Å². The summed E-state index contributed by atoms with van der Waals surface area (Å²) in [5.74, 6) is 1.19. The maximum atomic E-state index is 12.3. The van der Waals surface area contributed by atoms with Crippen molar-refractivity contribution in [2.45, 2.75) is 26.2 Å². The Hall–Kier alpha value is -2.57. The van der Waals surface area contributed by atoms with Crippen LogP contribution < -0.4 is 14.2 Å². The van der Waals surface area contributed by atoms with Crippen LogP contribution in [0.15, 0.2) is 48.5 Å². The molecule has 3 rings (SSSR count). The van der Waals surface area contributed by atoms with E-state index in [9.17, 15) is 4.79 Å². The monoisotopic (exact) mass is 414 g/mol. The molecular formula is C24H30O6. The highest BCUT2D eigenvalue weighted by molar-refractivity contribution is 5.91. The van der Waals surface area contributed by atoms with Crippen LogP contribution in [0.5, 0.6) is 17.2 Å². The molecule has 162 valence electrons. The predicted molar refractivity (Wildman–Crippen MR) is 113 cm³/mol. The number of rotatable bonds is 12. The number of methoxy groups -OCH3 is 1. The van der Waals surface area contributed by atoms with Gasteiger partial charge in [-0.05, 0) is 55.7 Å². The maximum absolute atomic E-state index is 12.3. The molecule has 1 heterocycles. The number of para-hydroxylation sites is 2. The number of unbranched alkanes of at least 4 members (excludes halogenated alkanes) is 1. The van der Waals surface area contributed by atoms with Crippen LogP contribution in [0.25, 0.3) is 0 Å². The van der Waals surface area contributed by atoms with Crippen LogP contribution in [-0.2, 0) is 9.47 Å². The molecule has 1 fully saturated rings. The first-order valence-electron chi connectivity index (χ1n) is 10.4. The van der Waals surface area contributed by atoms with Crippen molar-refractivity contribution in [2.24, 2.45) is 5.41 Å². The van der Waals surface area contributed by atoms with Crippen LogP contribution in [0.1, 0.15) is 36.5 Å². The third-order valence-corrected chi connectivity index (χ3v) is 5.29. The lowest BCUT2D eigenvalue weighted by atomic mass is 9.84.